The molecule has 0 unspecified atom stereocenters. The Labute approximate surface area is 88.8 Å². The van der Waals surface area contributed by atoms with Crippen molar-refractivity contribution in [3.05, 3.63) is 42.0 Å². The molecule has 0 N–H and O–H groups in total. The van der Waals surface area contributed by atoms with Gasteiger partial charge < -0.3 is 0 Å². The lowest BCUT2D eigenvalue weighted by atomic mass is 10.2. The van der Waals surface area contributed by atoms with Gasteiger partial charge in [0.2, 0.25) is 0 Å². The summed E-state index contributed by atoms with van der Waals surface area (Å²) in [5.74, 6) is 0. The van der Waals surface area contributed by atoms with E-state index in [-0.39, 0.29) is 0 Å². The number of alkyl halides is 1. The zero-order valence-electron chi connectivity index (χ0n) is 7.75. The van der Waals surface area contributed by atoms with E-state index in [0.717, 1.165) is 5.33 Å². The predicted molar refractivity (Wildman–Crippen MR) is 63.1 cm³/mol. The average molecular weight is 239 g/mol. The smallest absolute Gasteiger partial charge is 0.00314 e. The van der Waals surface area contributed by atoms with Gasteiger partial charge in [0, 0.05) is 5.33 Å². The Bertz CT molecular complexity index is 239. The zero-order chi connectivity index (χ0) is 9.36. The summed E-state index contributed by atoms with van der Waals surface area (Å²) in [5, 5.41) is 1.12. The first-order valence-electron chi connectivity index (χ1n) is 4.71. The van der Waals surface area contributed by atoms with E-state index in [0.29, 0.717) is 0 Å². The highest BCUT2D eigenvalue weighted by molar-refractivity contribution is 9.09. The van der Waals surface area contributed by atoms with Gasteiger partial charge in [-0.05, 0) is 24.8 Å². The summed E-state index contributed by atoms with van der Waals surface area (Å²) in [6.07, 6.45) is 8.15. The molecule has 0 saturated carbocycles. The Kier molecular flexibility index (Phi) is 5.59. The van der Waals surface area contributed by atoms with Gasteiger partial charge in [-0.15, -0.1) is 0 Å². The minimum Gasteiger partial charge on any atom is -0.0928 e. The van der Waals surface area contributed by atoms with Crippen LogP contribution >= 0.6 is 15.9 Å². The molecule has 0 bridgehead atoms. The monoisotopic (exact) mass is 238 g/mol. The molecule has 1 rings (SSSR count). The lowest BCUT2D eigenvalue weighted by Crippen LogP contribution is -1.74. The van der Waals surface area contributed by atoms with E-state index >= 15 is 0 Å². The van der Waals surface area contributed by atoms with Crippen LogP contribution in [-0.4, -0.2) is 5.33 Å². The van der Waals surface area contributed by atoms with E-state index in [2.05, 4.69) is 52.3 Å². The highest BCUT2D eigenvalue weighted by Crippen LogP contribution is 2.04. The summed E-state index contributed by atoms with van der Waals surface area (Å²) in [7, 11) is 0. The number of unbranched alkanes of at least 4 members (excludes halogenated alkanes) is 2. The number of rotatable bonds is 5. The SMILES string of the molecule is BrCCCC/C=C/c1ccccc1. The molecule has 0 saturated heterocycles. The van der Waals surface area contributed by atoms with Crippen molar-refractivity contribution < 1.29 is 0 Å². The Morgan fingerprint density at radius 2 is 1.85 bits per heavy atom. The maximum atomic E-state index is 3.42. The molecule has 0 spiro atoms. The second-order valence-corrected chi connectivity index (χ2v) is 3.79. The summed E-state index contributed by atoms with van der Waals surface area (Å²) in [6.45, 7) is 0. The maximum Gasteiger partial charge on any atom is 0.00314 e. The van der Waals surface area contributed by atoms with Gasteiger partial charge in [0.05, 0.1) is 0 Å². The van der Waals surface area contributed by atoms with Crippen molar-refractivity contribution in [3.63, 3.8) is 0 Å². The van der Waals surface area contributed by atoms with Crippen LogP contribution in [0.4, 0.5) is 0 Å². The van der Waals surface area contributed by atoms with E-state index in [1.54, 1.807) is 0 Å². The molecular formula is C12H15Br. The van der Waals surface area contributed by atoms with E-state index in [1.807, 2.05) is 6.07 Å². The summed E-state index contributed by atoms with van der Waals surface area (Å²) in [4.78, 5) is 0. The van der Waals surface area contributed by atoms with Crippen molar-refractivity contribution in [2.45, 2.75) is 19.3 Å². The normalized spacial score (nSPS) is 10.8. The number of halogens is 1. The third-order valence-electron chi connectivity index (χ3n) is 1.86. The molecule has 0 heterocycles. The van der Waals surface area contributed by atoms with Gasteiger partial charge in [-0.1, -0.05) is 58.4 Å². The first-order valence-corrected chi connectivity index (χ1v) is 5.83. The van der Waals surface area contributed by atoms with Crippen LogP contribution in [0.2, 0.25) is 0 Å². The van der Waals surface area contributed by atoms with E-state index in [1.165, 1.54) is 24.8 Å². The molecule has 0 radical (unpaired) electrons. The van der Waals surface area contributed by atoms with Crippen LogP contribution in [0.1, 0.15) is 24.8 Å². The summed E-state index contributed by atoms with van der Waals surface area (Å²) in [6, 6.07) is 10.4. The number of benzene rings is 1. The van der Waals surface area contributed by atoms with Crippen LogP contribution in [0.5, 0.6) is 0 Å². The molecule has 0 aliphatic rings. The number of allylic oxidation sites excluding steroid dienone is 1. The van der Waals surface area contributed by atoms with Gasteiger partial charge in [0.1, 0.15) is 0 Å². The molecule has 0 amide bonds. The molecule has 1 heteroatoms. The molecule has 0 aliphatic carbocycles. The van der Waals surface area contributed by atoms with Crippen molar-refractivity contribution in [2.24, 2.45) is 0 Å². The standard InChI is InChI=1S/C12H15Br/c13-11-7-2-1-4-8-12-9-5-3-6-10-12/h3-6,8-10H,1-2,7,11H2/b8-4+. The van der Waals surface area contributed by atoms with E-state index < -0.39 is 0 Å². The predicted octanol–water partition coefficient (Wildman–Crippen LogP) is 4.27. The van der Waals surface area contributed by atoms with Crippen LogP contribution in [0.3, 0.4) is 0 Å². The third-order valence-corrected chi connectivity index (χ3v) is 2.43. The first kappa shape index (κ1) is 10.5. The van der Waals surface area contributed by atoms with E-state index in [4.69, 9.17) is 0 Å². The van der Waals surface area contributed by atoms with Crippen LogP contribution in [-0.2, 0) is 0 Å². The van der Waals surface area contributed by atoms with Gasteiger partial charge >= 0.3 is 0 Å². The minimum absolute atomic E-state index is 1.12. The molecule has 0 nitrogen and oxygen atoms in total. The van der Waals surface area contributed by atoms with Gasteiger partial charge in [-0.3, -0.25) is 0 Å². The van der Waals surface area contributed by atoms with Crippen LogP contribution in [0.25, 0.3) is 6.08 Å². The Morgan fingerprint density at radius 1 is 1.08 bits per heavy atom. The van der Waals surface area contributed by atoms with E-state index in [9.17, 15) is 0 Å². The highest BCUT2D eigenvalue weighted by Gasteiger charge is 1.84. The van der Waals surface area contributed by atoms with Crippen LogP contribution < -0.4 is 0 Å². The molecule has 70 valence electrons. The molecule has 0 fully saturated rings. The van der Waals surface area contributed by atoms with Gasteiger partial charge in [-0.2, -0.15) is 0 Å². The van der Waals surface area contributed by atoms with Crippen LogP contribution in [0, 0.1) is 0 Å². The van der Waals surface area contributed by atoms with Crippen molar-refractivity contribution in [1.82, 2.24) is 0 Å². The topological polar surface area (TPSA) is 0 Å². The third kappa shape index (κ3) is 4.89. The van der Waals surface area contributed by atoms with Gasteiger partial charge in [-0.25, -0.2) is 0 Å². The molecule has 13 heavy (non-hydrogen) atoms. The maximum absolute atomic E-state index is 3.42. The summed E-state index contributed by atoms with van der Waals surface area (Å²) in [5.41, 5.74) is 1.29. The van der Waals surface area contributed by atoms with Crippen LogP contribution in [0.15, 0.2) is 36.4 Å². The molecule has 0 aromatic heterocycles. The Morgan fingerprint density at radius 3 is 2.54 bits per heavy atom. The fourth-order valence-corrected chi connectivity index (χ4v) is 1.54. The van der Waals surface area contributed by atoms with Gasteiger partial charge in [0.25, 0.3) is 0 Å². The minimum atomic E-state index is 1.12. The Balaban J connectivity index is 2.25. The largest absolute Gasteiger partial charge is 0.0928 e. The second-order valence-electron chi connectivity index (χ2n) is 3.00. The molecular weight excluding hydrogens is 224 g/mol. The summed E-state index contributed by atoms with van der Waals surface area (Å²) >= 11 is 3.42. The second kappa shape index (κ2) is 6.90. The average Bonchev–Trinajstić information content (AvgIpc) is 2.19. The Hall–Kier alpha value is -0.560. The van der Waals surface area contributed by atoms with Crippen molar-refractivity contribution in [1.29, 1.82) is 0 Å². The van der Waals surface area contributed by atoms with Crippen molar-refractivity contribution >= 4 is 22.0 Å². The number of hydrogen-bond donors (Lipinski definition) is 0. The van der Waals surface area contributed by atoms with Crippen molar-refractivity contribution in [3.8, 4) is 0 Å². The fourth-order valence-electron chi connectivity index (χ4n) is 1.14. The molecule has 1 aromatic rings. The highest BCUT2D eigenvalue weighted by atomic mass is 79.9. The molecule has 0 aliphatic heterocycles. The lowest BCUT2D eigenvalue weighted by Gasteiger charge is -1.92. The fraction of sp³-hybridized carbons (Fsp3) is 0.333. The molecule has 0 atom stereocenters. The quantitative estimate of drug-likeness (QED) is 0.531. The summed E-state index contributed by atoms with van der Waals surface area (Å²) < 4.78 is 0. The van der Waals surface area contributed by atoms with Gasteiger partial charge in [0.15, 0.2) is 0 Å². The van der Waals surface area contributed by atoms with Crippen molar-refractivity contribution in [2.75, 3.05) is 5.33 Å². The number of hydrogen-bond acceptors (Lipinski definition) is 0. The molecule has 1 aromatic carbocycles. The lowest BCUT2D eigenvalue weighted by molar-refractivity contribution is 0.829. The zero-order valence-corrected chi connectivity index (χ0v) is 9.33. The first-order chi connectivity index (χ1) is 6.43.